The van der Waals surface area contributed by atoms with Gasteiger partial charge in [0.1, 0.15) is 0 Å². The summed E-state index contributed by atoms with van der Waals surface area (Å²) in [5, 5.41) is 19.9. The number of benzene rings is 2. The van der Waals surface area contributed by atoms with Crippen LogP contribution in [0.15, 0.2) is 36.4 Å². The number of hydrogen-bond acceptors (Lipinski definition) is 2. The molecule has 0 radical (unpaired) electrons. The Bertz CT molecular complexity index is 511. The molecule has 0 saturated heterocycles. The summed E-state index contributed by atoms with van der Waals surface area (Å²) in [6.07, 6.45) is 0. The molecule has 0 atom stereocenters. The highest BCUT2D eigenvalue weighted by Crippen LogP contribution is 2.22. The highest BCUT2D eigenvalue weighted by atomic mass is 16.3. The Morgan fingerprint density at radius 1 is 1.07 bits per heavy atom. The molecule has 0 amide bonds. The van der Waals surface area contributed by atoms with E-state index in [9.17, 15) is 0 Å². The topological polar surface area (TPSA) is 44.0 Å². The van der Waals surface area contributed by atoms with Crippen LogP contribution in [0.2, 0.25) is 0 Å². The third-order valence-electron chi connectivity index (χ3n) is 2.31. The van der Waals surface area contributed by atoms with Crippen LogP contribution in [0.25, 0.3) is 10.8 Å². The van der Waals surface area contributed by atoms with Crippen LogP contribution in [0, 0.1) is 11.3 Å². The first kappa shape index (κ1) is 8.74. The molecule has 0 aliphatic rings. The van der Waals surface area contributed by atoms with E-state index < -0.39 is 0 Å². The van der Waals surface area contributed by atoms with Gasteiger partial charge in [0.15, 0.2) is 0 Å². The van der Waals surface area contributed by atoms with Gasteiger partial charge in [0.2, 0.25) is 0 Å². The zero-order valence-corrected chi connectivity index (χ0v) is 7.57. The molecule has 0 aliphatic heterocycles. The van der Waals surface area contributed by atoms with Crippen LogP contribution in [-0.2, 0) is 6.61 Å². The van der Waals surface area contributed by atoms with Crippen molar-refractivity contribution in [3.05, 3.63) is 47.5 Å². The van der Waals surface area contributed by atoms with Crippen LogP contribution in [0.1, 0.15) is 11.1 Å². The van der Waals surface area contributed by atoms with E-state index in [-0.39, 0.29) is 6.61 Å². The average molecular weight is 183 g/mol. The highest BCUT2D eigenvalue weighted by molar-refractivity contribution is 5.90. The summed E-state index contributed by atoms with van der Waals surface area (Å²) in [4.78, 5) is 0. The Morgan fingerprint density at radius 2 is 1.79 bits per heavy atom. The van der Waals surface area contributed by atoms with E-state index in [2.05, 4.69) is 6.07 Å². The lowest BCUT2D eigenvalue weighted by Gasteiger charge is -2.04. The van der Waals surface area contributed by atoms with Gasteiger partial charge >= 0.3 is 0 Å². The number of fused-ring (bicyclic) bond motifs is 1. The van der Waals surface area contributed by atoms with Gasteiger partial charge in [-0.05, 0) is 22.4 Å². The van der Waals surface area contributed by atoms with Crippen molar-refractivity contribution < 1.29 is 5.11 Å². The molecule has 0 unspecified atom stereocenters. The fourth-order valence-electron chi connectivity index (χ4n) is 1.60. The minimum absolute atomic E-state index is 0.00617. The van der Waals surface area contributed by atoms with Gasteiger partial charge in [-0.3, -0.25) is 0 Å². The molecule has 0 fully saturated rings. The van der Waals surface area contributed by atoms with Gasteiger partial charge in [-0.2, -0.15) is 5.26 Å². The van der Waals surface area contributed by atoms with E-state index in [4.69, 9.17) is 10.4 Å². The first-order valence-electron chi connectivity index (χ1n) is 4.38. The van der Waals surface area contributed by atoms with Crippen molar-refractivity contribution in [2.24, 2.45) is 0 Å². The SMILES string of the molecule is N#Cc1ccc(CO)c2ccccc12. The first-order chi connectivity index (χ1) is 6.86. The zero-order valence-electron chi connectivity index (χ0n) is 7.57. The lowest BCUT2D eigenvalue weighted by Crippen LogP contribution is -1.88. The average Bonchev–Trinajstić information content (AvgIpc) is 2.27. The maximum atomic E-state index is 9.12. The minimum Gasteiger partial charge on any atom is -0.392 e. The van der Waals surface area contributed by atoms with Gasteiger partial charge in [0.05, 0.1) is 18.2 Å². The van der Waals surface area contributed by atoms with E-state index in [1.165, 1.54) is 0 Å². The van der Waals surface area contributed by atoms with Crippen molar-refractivity contribution in [2.45, 2.75) is 6.61 Å². The maximum absolute atomic E-state index is 9.12. The fourth-order valence-corrected chi connectivity index (χ4v) is 1.60. The Kier molecular flexibility index (Phi) is 2.18. The minimum atomic E-state index is 0.00617. The van der Waals surface area contributed by atoms with E-state index >= 15 is 0 Å². The standard InChI is InChI=1S/C12H9NO/c13-7-9-5-6-10(8-14)12-4-2-1-3-11(9)12/h1-6,14H,8H2. The Morgan fingerprint density at radius 3 is 2.43 bits per heavy atom. The number of hydrogen-bond donors (Lipinski definition) is 1. The molecule has 0 bridgehead atoms. The highest BCUT2D eigenvalue weighted by Gasteiger charge is 2.03. The molecule has 2 aromatic carbocycles. The van der Waals surface area contributed by atoms with E-state index in [1.54, 1.807) is 12.1 Å². The van der Waals surface area contributed by atoms with Crippen LogP contribution >= 0.6 is 0 Å². The molecule has 0 aromatic heterocycles. The third-order valence-corrected chi connectivity index (χ3v) is 2.31. The lowest BCUT2D eigenvalue weighted by atomic mass is 10.0. The van der Waals surface area contributed by atoms with Gasteiger partial charge in [-0.1, -0.05) is 30.3 Å². The molecular formula is C12H9NO. The maximum Gasteiger partial charge on any atom is 0.0998 e. The molecule has 1 N–H and O–H groups in total. The second-order valence-corrected chi connectivity index (χ2v) is 3.09. The zero-order chi connectivity index (χ0) is 9.97. The Hall–Kier alpha value is -1.85. The van der Waals surface area contributed by atoms with E-state index in [0.717, 1.165) is 16.3 Å². The fraction of sp³-hybridized carbons (Fsp3) is 0.0833. The van der Waals surface area contributed by atoms with Crippen molar-refractivity contribution in [1.29, 1.82) is 5.26 Å². The van der Waals surface area contributed by atoms with Crippen LogP contribution in [0.4, 0.5) is 0 Å². The van der Waals surface area contributed by atoms with Crippen molar-refractivity contribution in [1.82, 2.24) is 0 Å². The van der Waals surface area contributed by atoms with Gasteiger partial charge in [0.25, 0.3) is 0 Å². The molecule has 0 saturated carbocycles. The molecule has 68 valence electrons. The second kappa shape index (κ2) is 3.49. The summed E-state index contributed by atoms with van der Waals surface area (Å²) >= 11 is 0. The monoisotopic (exact) mass is 183 g/mol. The summed E-state index contributed by atoms with van der Waals surface area (Å²) in [5.74, 6) is 0. The third kappa shape index (κ3) is 1.24. The summed E-state index contributed by atoms with van der Waals surface area (Å²) in [7, 11) is 0. The molecule has 2 aromatic rings. The van der Waals surface area contributed by atoms with Gasteiger partial charge < -0.3 is 5.11 Å². The first-order valence-corrected chi connectivity index (χ1v) is 4.38. The summed E-state index contributed by atoms with van der Waals surface area (Å²) in [6.45, 7) is 0.00617. The number of rotatable bonds is 1. The molecule has 0 spiro atoms. The quantitative estimate of drug-likeness (QED) is 0.736. The van der Waals surface area contributed by atoms with Gasteiger partial charge in [0, 0.05) is 0 Å². The molecule has 0 heterocycles. The number of aliphatic hydroxyl groups is 1. The Labute approximate surface area is 82.0 Å². The summed E-state index contributed by atoms with van der Waals surface area (Å²) in [5.41, 5.74) is 1.51. The molecule has 14 heavy (non-hydrogen) atoms. The van der Waals surface area contributed by atoms with Gasteiger partial charge in [-0.25, -0.2) is 0 Å². The van der Waals surface area contributed by atoms with E-state index in [1.807, 2.05) is 24.3 Å². The smallest absolute Gasteiger partial charge is 0.0998 e. The molecule has 2 nitrogen and oxygen atoms in total. The van der Waals surface area contributed by atoms with Gasteiger partial charge in [-0.15, -0.1) is 0 Å². The number of nitrogens with zero attached hydrogens (tertiary/aromatic N) is 1. The molecule has 2 heteroatoms. The number of aliphatic hydroxyl groups excluding tert-OH is 1. The normalized spacial score (nSPS) is 10.0. The molecule has 0 aliphatic carbocycles. The molecular weight excluding hydrogens is 174 g/mol. The predicted octanol–water partition coefficient (Wildman–Crippen LogP) is 2.20. The second-order valence-electron chi connectivity index (χ2n) is 3.09. The summed E-state index contributed by atoms with van der Waals surface area (Å²) < 4.78 is 0. The molecule has 2 rings (SSSR count). The van der Waals surface area contributed by atoms with Crippen LogP contribution < -0.4 is 0 Å². The van der Waals surface area contributed by atoms with Crippen LogP contribution in [0.5, 0.6) is 0 Å². The Balaban J connectivity index is 2.87. The van der Waals surface area contributed by atoms with Crippen molar-refractivity contribution in [3.8, 4) is 6.07 Å². The predicted molar refractivity (Wildman–Crippen MR) is 54.6 cm³/mol. The van der Waals surface area contributed by atoms with Crippen molar-refractivity contribution >= 4 is 10.8 Å². The summed E-state index contributed by atoms with van der Waals surface area (Å²) in [6, 6.07) is 13.3. The number of nitriles is 1. The van der Waals surface area contributed by atoms with E-state index in [0.29, 0.717) is 5.56 Å². The lowest BCUT2D eigenvalue weighted by molar-refractivity contribution is 0.283. The largest absolute Gasteiger partial charge is 0.392 e. The van der Waals surface area contributed by atoms with Crippen molar-refractivity contribution in [3.63, 3.8) is 0 Å². The van der Waals surface area contributed by atoms with Crippen LogP contribution in [0.3, 0.4) is 0 Å². The van der Waals surface area contributed by atoms with Crippen LogP contribution in [-0.4, -0.2) is 5.11 Å². The van der Waals surface area contributed by atoms with Crippen molar-refractivity contribution in [2.75, 3.05) is 0 Å².